The molecule has 1 aliphatic heterocycles. The Bertz CT molecular complexity index is 698. The molecule has 0 unspecified atom stereocenters. The molecule has 7 nitrogen and oxygen atoms in total. The van der Waals surface area contributed by atoms with Gasteiger partial charge in [0.15, 0.2) is 5.96 Å². The minimum absolute atomic E-state index is 0.157. The number of nitrogens with one attached hydrogen (secondary N) is 2. The molecule has 26 heavy (non-hydrogen) atoms. The molecular formula is C18H30N4O3S. The number of aromatic hydroxyl groups is 1. The molecule has 0 atom stereocenters. The van der Waals surface area contributed by atoms with Crippen LogP contribution in [0.5, 0.6) is 5.75 Å². The normalized spacial score (nSPS) is 17.2. The van der Waals surface area contributed by atoms with E-state index in [1.54, 1.807) is 23.4 Å². The molecule has 0 spiro atoms. The maximum Gasteiger partial charge on any atom is 0.213 e. The first-order valence-corrected chi connectivity index (χ1v) is 10.9. The summed E-state index contributed by atoms with van der Waals surface area (Å²) in [4.78, 5) is 4.60. The summed E-state index contributed by atoms with van der Waals surface area (Å²) in [5.41, 5.74) is 1.04. The molecule has 1 aromatic carbocycles. The van der Waals surface area contributed by atoms with E-state index >= 15 is 0 Å². The Balaban J connectivity index is 1.86. The van der Waals surface area contributed by atoms with Crippen molar-refractivity contribution in [3.05, 3.63) is 29.8 Å². The van der Waals surface area contributed by atoms with Gasteiger partial charge in [0.25, 0.3) is 0 Å². The fourth-order valence-corrected chi connectivity index (χ4v) is 4.12. The third-order valence-electron chi connectivity index (χ3n) is 4.48. The monoisotopic (exact) mass is 382 g/mol. The van der Waals surface area contributed by atoms with E-state index < -0.39 is 10.0 Å². The predicted octanol–water partition coefficient (Wildman–Crippen LogP) is 1.30. The average Bonchev–Trinajstić information content (AvgIpc) is 2.62. The summed E-state index contributed by atoms with van der Waals surface area (Å²) in [6.45, 7) is 6.18. The van der Waals surface area contributed by atoms with Crippen LogP contribution in [0.4, 0.5) is 0 Å². The molecule has 0 amide bonds. The predicted molar refractivity (Wildman–Crippen MR) is 105 cm³/mol. The van der Waals surface area contributed by atoms with Crippen molar-refractivity contribution in [3.63, 3.8) is 0 Å². The molecule has 0 aromatic heterocycles. The van der Waals surface area contributed by atoms with Crippen LogP contribution in [-0.2, 0) is 16.4 Å². The lowest BCUT2D eigenvalue weighted by atomic mass is 10.1. The van der Waals surface area contributed by atoms with E-state index in [-0.39, 0.29) is 17.5 Å². The summed E-state index contributed by atoms with van der Waals surface area (Å²) < 4.78 is 25.5. The van der Waals surface area contributed by atoms with E-state index in [1.165, 1.54) is 0 Å². The zero-order valence-electron chi connectivity index (χ0n) is 15.6. The average molecular weight is 383 g/mol. The molecule has 8 heteroatoms. The molecule has 1 heterocycles. The molecule has 3 N–H and O–H groups in total. The molecule has 1 fully saturated rings. The van der Waals surface area contributed by atoms with Crippen molar-refractivity contribution in [1.82, 2.24) is 14.9 Å². The van der Waals surface area contributed by atoms with Crippen molar-refractivity contribution < 1.29 is 13.5 Å². The van der Waals surface area contributed by atoms with Gasteiger partial charge in [-0.25, -0.2) is 12.7 Å². The van der Waals surface area contributed by atoms with Crippen LogP contribution in [0.2, 0.25) is 0 Å². The zero-order chi connectivity index (χ0) is 19.0. The Morgan fingerprint density at radius 3 is 2.65 bits per heavy atom. The highest BCUT2D eigenvalue weighted by atomic mass is 32.2. The van der Waals surface area contributed by atoms with Crippen LogP contribution in [0.1, 0.15) is 32.3 Å². The standard InChI is InChI=1S/C18H30N4O3S/c1-3-19-18(20-11-8-15-6-5-7-17(23)14-15)21-16-9-12-22(13-10-16)26(24,25)4-2/h5-7,14,16,23H,3-4,8-13H2,1-2H3,(H2,19,20,21). The van der Waals surface area contributed by atoms with Crippen LogP contribution in [0, 0.1) is 0 Å². The van der Waals surface area contributed by atoms with Crippen molar-refractivity contribution in [3.8, 4) is 5.75 Å². The lowest BCUT2D eigenvalue weighted by Gasteiger charge is -2.32. The number of aliphatic imine (C=N–C) groups is 1. The molecule has 0 bridgehead atoms. The number of hydrogen-bond acceptors (Lipinski definition) is 4. The van der Waals surface area contributed by atoms with E-state index in [0.717, 1.165) is 37.3 Å². The molecule has 0 saturated carbocycles. The number of piperidine rings is 1. The molecule has 0 radical (unpaired) electrons. The smallest absolute Gasteiger partial charge is 0.213 e. The quantitative estimate of drug-likeness (QED) is 0.488. The van der Waals surface area contributed by atoms with Gasteiger partial charge in [0.2, 0.25) is 10.0 Å². The Morgan fingerprint density at radius 1 is 1.31 bits per heavy atom. The van der Waals surface area contributed by atoms with Gasteiger partial charge in [-0.05, 0) is 50.8 Å². The molecular weight excluding hydrogens is 352 g/mol. The lowest BCUT2D eigenvalue weighted by Crippen LogP contribution is -2.50. The van der Waals surface area contributed by atoms with E-state index in [1.807, 2.05) is 19.1 Å². The number of benzene rings is 1. The first kappa shape index (κ1) is 20.5. The molecule has 2 rings (SSSR count). The van der Waals surface area contributed by atoms with Crippen molar-refractivity contribution >= 4 is 16.0 Å². The number of guanidine groups is 1. The second kappa shape index (κ2) is 9.78. The lowest BCUT2D eigenvalue weighted by molar-refractivity contribution is 0.306. The van der Waals surface area contributed by atoms with Crippen molar-refractivity contribution in [2.75, 3.05) is 31.9 Å². The zero-order valence-corrected chi connectivity index (χ0v) is 16.4. The SMILES string of the molecule is CCNC(=NCCc1cccc(O)c1)NC1CCN(S(=O)(=O)CC)CC1. The minimum Gasteiger partial charge on any atom is -0.508 e. The van der Waals surface area contributed by atoms with Gasteiger partial charge >= 0.3 is 0 Å². The van der Waals surface area contributed by atoms with E-state index in [2.05, 4.69) is 15.6 Å². The van der Waals surface area contributed by atoms with Gasteiger partial charge in [-0.3, -0.25) is 4.99 Å². The highest BCUT2D eigenvalue weighted by Gasteiger charge is 2.26. The van der Waals surface area contributed by atoms with Crippen molar-refractivity contribution in [2.45, 2.75) is 39.2 Å². The molecule has 0 aliphatic carbocycles. The van der Waals surface area contributed by atoms with Crippen molar-refractivity contribution in [1.29, 1.82) is 0 Å². The summed E-state index contributed by atoms with van der Waals surface area (Å²) in [5, 5.41) is 16.2. The largest absolute Gasteiger partial charge is 0.508 e. The fourth-order valence-electron chi connectivity index (χ4n) is 2.98. The first-order valence-electron chi connectivity index (χ1n) is 9.25. The number of phenols is 1. The fraction of sp³-hybridized carbons (Fsp3) is 0.611. The molecule has 1 saturated heterocycles. The number of sulfonamides is 1. The van der Waals surface area contributed by atoms with E-state index in [9.17, 15) is 13.5 Å². The summed E-state index contributed by atoms with van der Waals surface area (Å²) in [5.74, 6) is 1.18. The number of rotatable bonds is 7. The minimum atomic E-state index is -3.09. The van der Waals surface area contributed by atoms with Crippen LogP contribution < -0.4 is 10.6 Å². The van der Waals surface area contributed by atoms with Gasteiger partial charge in [-0.1, -0.05) is 12.1 Å². The van der Waals surface area contributed by atoms with Crippen LogP contribution in [0.15, 0.2) is 29.3 Å². The number of nitrogens with zero attached hydrogens (tertiary/aromatic N) is 2. The molecule has 1 aromatic rings. The van der Waals surface area contributed by atoms with Crippen LogP contribution >= 0.6 is 0 Å². The van der Waals surface area contributed by atoms with Gasteiger partial charge < -0.3 is 15.7 Å². The maximum absolute atomic E-state index is 11.9. The highest BCUT2D eigenvalue weighted by molar-refractivity contribution is 7.89. The van der Waals surface area contributed by atoms with E-state index in [4.69, 9.17) is 0 Å². The Morgan fingerprint density at radius 2 is 2.04 bits per heavy atom. The van der Waals surface area contributed by atoms with Gasteiger partial charge in [-0.15, -0.1) is 0 Å². The molecule has 1 aliphatic rings. The van der Waals surface area contributed by atoms with Gasteiger partial charge in [-0.2, -0.15) is 0 Å². The first-order chi connectivity index (χ1) is 12.4. The third-order valence-corrected chi connectivity index (χ3v) is 6.36. The summed E-state index contributed by atoms with van der Waals surface area (Å²) >= 11 is 0. The number of hydrogen-bond donors (Lipinski definition) is 3. The highest BCUT2D eigenvalue weighted by Crippen LogP contribution is 2.14. The topological polar surface area (TPSA) is 94.0 Å². The third kappa shape index (κ3) is 6.17. The van der Waals surface area contributed by atoms with Gasteiger partial charge in [0, 0.05) is 32.2 Å². The summed E-state index contributed by atoms with van der Waals surface area (Å²) in [6.07, 6.45) is 2.30. The van der Waals surface area contributed by atoms with Crippen LogP contribution in [0.3, 0.4) is 0 Å². The Hall–Kier alpha value is -1.80. The van der Waals surface area contributed by atoms with Crippen LogP contribution in [-0.4, -0.2) is 61.8 Å². The van der Waals surface area contributed by atoms with Crippen LogP contribution in [0.25, 0.3) is 0 Å². The second-order valence-corrected chi connectivity index (χ2v) is 8.66. The second-order valence-electron chi connectivity index (χ2n) is 6.40. The molecule has 146 valence electrons. The maximum atomic E-state index is 11.9. The summed E-state index contributed by atoms with van der Waals surface area (Å²) in [6, 6.07) is 7.43. The number of phenolic OH excluding ortho intramolecular Hbond substituents is 1. The van der Waals surface area contributed by atoms with Gasteiger partial charge in [0.05, 0.1) is 5.75 Å². The van der Waals surface area contributed by atoms with E-state index in [0.29, 0.717) is 19.6 Å². The summed E-state index contributed by atoms with van der Waals surface area (Å²) in [7, 11) is -3.09. The Labute approximate surface area is 156 Å². The Kier molecular flexibility index (Phi) is 7.71. The van der Waals surface area contributed by atoms with Gasteiger partial charge in [0.1, 0.15) is 5.75 Å². The van der Waals surface area contributed by atoms with Crippen molar-refractivity contribution in [2.24, 2.45) is 4.99 Å².